The molecule has 5 unspecified atom stereocenters. The van der Waals surface area contributed by atoms with E-state index in [0.717, 1.165) is 45.6 Å². The number of aliphatic hydroxyl groups excluding tert-OH is 4. The van der Waals surface area contributed by atoms with E-state index >= 15 is 0 Å². The van der Waals surface area contributed by atoms with E-state index in [0.29, 0.717) is 32.7 Å². The highest BCUT2D eigenvalue weighted by molar-refractivity contribution is 6.00. The minimum atomic E-state index is -0.563. The molecule has 0 radical (unpaired) electrons. The molecule has 0 spiro atoms. The van der Waals surface area contributed by atoms with Crippen LogP contribution in [0.1, 0.15) is 37.3 Å². The molecule has 0 bridgehead atoms. The van der Waals surface area contributed by atoms with Crippen LogP contribution in [0.25, 0.3) is 0 Å². The van der Waals surface area contributed by atoms with Crippen LogP contribution in [0, 0.1) is 17.8 Å². The molecular formula is C34H51N3O7. The van der Waals surface area contributed by atoms with E-state index in [1.54, 1.807) is 6.92 Å². The van der Waals surface area contributed by atoms with Crippen molar-refractivity contribution in [3.05, 3.63) is 71.8 Å². The summed E-state index contributed by atoms with van der Waals surface area (Å²) in [7, 11) is 0. The molecule has 44 heavy (non-hydrogen) atoms. The summed E-state index contributed by atoms with van der Waals surface area (Å²) < 4.78 is 4.93. The lowest BCUT2D eigenvalue weighted by atomic mass is 9.94. The second-order valence-electron chi connectivity index (χ2n) is 11.8. The van der Waals surface area contributed by atoms with Gasteiger partial charge in [0.1, 0.15) is 5.92 Å². The van der Waals surface area contributed by atoms with E-state index < -0.39 is 5.92 Å². The van der Waals surface area contributed by atoms with Crippen molar-refractivity contribution in [2.45, 2.75) is 51.5 Å². The minimum absolute atomic E-state index is 0.0272. The minimum Gasteiger partial charge on any atom is -0.465 e. The number of likely N-dealkylation sites (tertiary alicyclic amines) is 2. The highest BCUT2D eigenvalue weighted by Gasteiger charge is 2.33. The Morgan fingerprint density at radius 3 is 1.91 bits per heavy atom. The Morgan fingerprint density at radius 2 is 1.41 bits per heavy atom. The predicted molar refractivity (Wildman–Crippen MR) is 168 cm³/mol. The van der Waals surface area contributed by atoms with Crippen LogP contribution in [0.4, 0.5) is 0 Å². The number of esters is 1. The SMILES string of the molecule is CCOC(=O)C1CCN(Cc2ccccc2)CC1=O.OCC1CCN(Cc2ccccc2)CC1O.OCC1CCNCC1O. The largest absolute Gasteiger partial charge is 0.465 e. The Bertz CT molecular complexity index is 1090. The van der Waals surface area contributed by atoms with Crippen LogP contribution in [-0.4, -0.2) is 113 Å². The number of hydrogen-bond acceptors (Lipinski definition) is 10. The molecule has 10 nitrogen and oxygen atoms in total. The van der Waals surface area contributed by atoms with Crippen molar-refractivity contribution < 1.29 is 34.8 Å². The summed E-state index contributed by atoms with van der Waals surface area (Å²) in [5.41, 5.74) is 2.46. The van der Waals surface area contributed by atoms with Crippen LogP contribution in [-0.2, 0) is 27.4 Å². The average molecular weight is 614 g/mol. The van der Waals surface area contributed by atoms with Crippen molar-refractivity contribution in [3.8, 4) is 0 Å². The number of ether oxygens (including phenoxy) is 1. The first-order chi connectivity index (χ1) is 21.3. The average Bonchev–Trinajstić information content (AvgIpc) is 3.03. The van der Waals surface area contributed by atoms with Crippen molar-refractivity contribution >= 4 is 11.8 Å². The van der Waals surface area contributed by atoms with Crippen molar-refractivity contribution in [1.82, 2.24) is 15.1 Å². The zero-order valence-electron chi connectivity index (χ0n) is 26.0. The van der Waals surface area contributed by atoms with Gasteiger partial charge in [0.05, 0.1) is 25.4 Å². The van der Waals surface area contributed by atoms with E-state index in [1.165, 1.54) is 11.1 Å². The highest BCUT2D eigenvalue weighted by atomic mass is 16.5. The van der Waals surface area contributed by atoms with Crippen molar-refractivity contribution in [2.24, 2.45) is 17.8 Å². The monoisotopic (exact) mass is 613 g/mol. The van der Waals surface area contributed by atoms with Gasteiger partial charge in [-0.3, -0.25) is 19.4 Å². The lowest BCUT2D eigenvalue weighted by Crippen LogP contribution is -2.44. The summed E-state index contributed by atoms with van der Waals surface area (Å²) in [6, 6.07) is 20.3. The maximum Gasteiger partial charge on any atom is 0.316 e. The Kier molecular flexibility index (Phi) is 16.0. The predicted octanol–water partition coefficient (Wildman–Crippen LogP) is 1.45. The number of carbonyl (C=O) groups excluding carboxylic acids is 2. The molecule has 0 aromatic heterocycles. The molecular weight excluding hydrogens is 562 g/mol. The fraction of sp³-hybridized carbons (Fsp3) is 0.588. The zero-order chi connectivity index (χ0) is 31.7. The number of nitrogens with zero attached hydrogens (tertiary/aromatic N) is 2. The number of Topliss-reactive ketones (excluding diaryl/α,β-unsaturated/α-hetero) is 1. The van der Waals surface area contributed by atoms with E-state index in [4.69, 9.17) is 20.1 Å². The summed E-state index contributed by atoms with van der Waals surface area (Å²) >= 11 is 0. The van der Waals surface area contributed by atoms with Gasteiger partial charge in [0, 0.05) is 57.8 Å². The third-order valence-electron chi connectivity index (χ3n) is 8.44. The number of β-amino-alcohol motifs (C(OH)–C–C–N with tert-alkyl or cyclic N) is 2. The van der Waals surface area contributed by atoms with Crippen molar-refractivity contribution in [2.75, 3.05) is 59.1 Å². The van der Waals surface area contributed by atoms with Crippen LogP contribution in [0.2, 0.25) is 0 Å². The number of rotatable bonds is 8. The number of hydrogen-bond donors (Lipinski definition) is 5. The van der Waals surface area contributed by atoms with Crippen molar-refractivity contribution in [1.29, 1.82) is 0 Å². The van der Waals surface area contributed by atoms with Gasteiger partial charge in [0.25, 0.3) is 0 Å². The Balaban J connectivity index is 0.000000191. The van der Waals surface area contributed by atoms with Crippen molar-refractivity contribution in [3.63, 3.8) is 0 Å². The standard InChI is InChI=1S/C15H19NO3.C13H19NO2.C6H13NO2/c1-2-19-15(18)13-8-9-16(11-14(13)17)10-12-6-4-3-5-7-12;15-10-12-6-7-14(9-13(12)16)8-11-4-2-1-3-5-11;8-4-5-1-2-7-3-6(5)9/h3-7,13H,2,8-11H2,1H3;1-5,12-13,15-16H,6-10H2;5-9H,1-4H2. The van der Waals surface area contributed by atoms with Crippen LogP contribution in [0.15, 0.2) is 60.7 Å². The van der Waals surface area contributed by atoms with Gasteiger partial charge in [0.2, 0.25) is 0 Å². The Labute approximate surface area is 261 Å². The first-order valence-electron chi connectivity index (χ1n) is 15.8. The Morgan fingerprint density at radius 1 is 0.841 bits per heavy atom. The number of nitrogens with one attached hydrogen (secondary N) is 1. The topological polar surface area (TPSA) is 143 Å². The van der Waals surface area contributed by atoms with Gasteiger partial charge in [-0.15, -0.1) is 0 Å². The lowest BCUT2D eigenvalue weighted by Gasteiger charge is -2.35. The van der Waals surface area contributed by atoms with Gasteiger partial charge in [0.15, 0.2) is 5.78 Å². The first-order valence-corrected chi connectivity index (χ1v) is 15.8. The molecule has 10 heteroatoms. The molecule has 2 aromatic carbocycles. The van der Waals surface area contributed by atoms with Gasteiger partial charge < -0.3 is 30.5 Å². The zero-order valence-corrected chi connectivity index (χ0v) is 26.0. The third kappa shape index (κ3) is 12.0. The molecule has 0 aliphatic carbocycles. The summed E-state index contributed by atoms with van der Waals surface area (Å²) in [6.45, 7) is 8.19. The maximum absolute atomic E-state index is 12.0. The van der Waals surface area contributed by atoms with Gasteiger partial charge in [-0.1, -0.05) is 60.7 Å². The molecule has 5 rings (SSSR count). The molecule has 5 N–H and O–H groups in total. The molecule has 3 aliphatic heterocycles. The fourth-order valence-electron chi connectivity index (χ4n) is 5.70. The van der Waals surface area contributed by atoms with E-state index in [9.17, 15) is 14.7 Å². The smallest absolute Gasteiger partial charge is 0.316 e. The number of carbonyl (C=O) groups is 2. The number of piperidine rings is 3. The number of benzene rings is 2. The second-order valence-corrected chi connectivity index (χ2v) is 11.8. The number of ketones is 1. The molecule has 5 atom stereocenters. The highest BCUT2D eigenvalue weighted by Crippen LogP contribution is 2.19. The lowest BCUT2D eigenvalue weighted by molar-refractivity contribution is -0.153. The second kappa shape index (κ2) is 19.6. The maximum atomic E-state index is 12.0. The van der Waals surface area contributed by atoms with Gasteiger partial charge in [-0.25, -0.2) is 0 Å². The summed E-state index contributed by atoms with van der Waals surface area (Å²) in [4.78, 5) is 27.9. The van der Waals surface area contributed by atoms with Crippen LogP contribution in [0.5, 0.6) is 0 Å². The summed E-state index contributed by atoms with van der Waals surface area (Å²) in [5.74, 6) is -0.794. The molecule has 2 aromatic rings. The van der Waals surface area contributed by atoms with E-state index in [2.05, 4.69) is 27.2 Å². The molecule has 0 amide bonds. The summed E-state index contributed by atoms with van der Waals surface area (Å²) in [6.07, 6.45) is 1.60. The molecule has 0 saturated carbocycles. The summed E-state index contributed by atoms with van der Waals surface area (Å²) in [5, 5.41) is 39.7. The first kappa shape index (κ1) is 35.8. The number of aliphatic hydroxyl groups is 4. The normalized spacial score (nSPS) is 26.0. The molecule has 3 fully saturated rings. The third-order valence-corrected chi connectivity index (χ3v) is 8.44. The van der Waals surface area contributed by atoms with E-state index in [1.807, 2.05) is 48.5 Å². The van der Waals surface area contributed by atoms with Gasteiger partial charge >= 0.3 is 5.97 Å². The van der Waals surface area contributed by atoms with Crippen LogP contribution >= 0.6 is 0 Å². The molecule has 3 heterocycles. The Hall–Kier alpha value is -2.70. The fourth-order valence-corrected chi connectivity index (χ4v) is 5.70. The van der Waals surface area contributed by atoms with Gasteiger partial charge in [-0.05, 0) is 50.4 Å². The van der Waals surface area contributed by atoms with Crippen LogP contribution < -0.4 is 5.32 Å². The van der Waals surface area contributed by atoms with Gasteiger partial charge in [-0.2, -0.15) is 0 Å². The van der Waals surface area contributed by atoms with E-state index in [-0.39, 0.29) is 49.0 Å². The molecule has 244 valence electrons. The molecule has 3 aliphatic rings. The van der Waals surface area contributed by atoms with Crippen LogP contribution in [0.3, 0.4) is 0 Å². The quantitative estimate of drug-likeness (QED) is 0.219. The molecule has 3 saturated heterocycles.